The molecule has 0 bridgehead atoms. The minimum Gasteiger partial charge on any atom is -0.372 e. The predicted octanol–water partition coefficient (Wildman–Crippen LogP) is 3.92. The molecule has 1 saturated heterocycles. The van der Waals surface area contributed by atoms with Crippen molar-refractivity contribution >= 4 is 34.1 Å². The number of ether oxygens (including phenoxy) is 1. The zero-order chi connectivity index (χ0) is 28.0. The van der Waals surface area contributed by atoms with Gasteiger partial charge in [0.1, 0.15) is 22.7 Å². The molecule has 4 rings (SSSR count). The Morgan fingerprint density at radius 1 is 1.18 bits per heavy atom. The first kappa shape index (κ1) is 28.3. The molecule has 3 aromatic heterocycles. The van der Waals surface area contributed by atoms with Crippen LogP contribution in [0.25, 0.3) is 11.4 Å². The van der Waals surface area contributed by atoms with E-state index >= 15 is 0 Å². The number of pyridine rings is 1. The zero-order valence-corrected chi connectivity index (χ0v) is 23.8. The standard InChI is InChI=1S/C28H35N7O3S/c1-6-7-8-12-28(4,5)35-16-22(30-18-35)26(37)29-13-25(36)33-27-32-23(17-39-27)21-10-9-11-24(31-21)34-14-19(2)38-20(3)15-34/h9-11,16-20H,6-7,13-15H2,1-5H3,(H,29,37)(H,32,33,36). The van der Waals surface area contributed by atoms with Crippen LogP contribution in [0, 0.1) is 11.8 Å². The van der Waals surface area contributed by atoms with Crippen LogP contribution in [0.2, 0.25) is 0 Å². The number of thiazole rings is 1. The summed E-state index contributed by atoms with van der Waals surface area (Å²) in [6.45, 7) is 11.5. The highest BCUT2D eigenvalue weighted by Crippen LogP contribution is 2.26. The van der Waals surface area contributed by atoms with Crippen LogP contribution in [-0.4, -0.2) is 63.2 Å². The summed E-state index contributed by atoms with van der Waals surface area (Å²) in [5, 5.41) is 7.64. The number of morpholine rings is 1. The second-order valence-corrected chi connectivity index (χ2v) is 10.9. The molecule has 206 valence electrons. The molecule has 2 atom stereocenters. The van der Waals surface area contributed by atoms with Gasteiger partial charge in [0.2, 0.25) is 5.91 Å². The average Bonchev–Trinajstić information content (AvgIpc) is 3.58. The SMILES string of the molecule is CCCC#CC(C)(C)n1cnc(C(=O)NCC(=O)Nc2nc(-c3cccc(N4CC(C)OC(C)C4)n3)cs2)c1. The van der Waals surface area contributed by atoms with Gasteiger partial charge in [-0.15, -0.1) is 17.3 Å². The quantitative estimate of drug-likeness (QED) is 0.409. The summed E-state index contributed by atoms with van der Waals surface area (Å²) in [6, 6.07) is 5.83. The van der Waals surface area contributed by atoms with Crippen LogP contribution in [0.1, 0.15) is 57.9 Å². The third-order valence-electron chi connectivity index (χ3n) is 6.13. The molecule has 1 aliphatic rings. The summed E-state index contributed by atoms with van der Waals surface area (Å²) in [6.07, 6.45) is 5.29. The largest absolute Gasteiger partial charge is 0.372 e. The van der Waals surface area contributed by atoms with Gasteiger partial charge in [-0.2, -0.15) is 0 Å². The van der Waals surface area contributed by atoms with E-state index in [0.29, 0.717) is 10.8 Å². The van der Waals surface area contributed by atoms with Crippen molar-refractivity contribution in [3.63, 3.8) is 0 Å². The monoisotopic (exact) mass is 549 g/mol. The highest BCUT2D eigenvalue weighted by Gasteiger charge is 2.24. The lowest BCUT2D eigenvalue weighted by Crippen LogP contribution is -2.45. The third-order valence-corrected chi connectivity index (χ3v) is 6.89. The molecule has 3 aromatic rings. The van der Waals surface area contributed by atoms with E-state index in [2.05, 4.69) is 58.1 Å². The third kappa shape index (κ3) is 7.43. The Balaban J connectivity index is 1.32. The molecule has 0 radical (unpaired) electrons. The topological polar surface area (TPSA) is 114 Å². The summed E-state index contributed by atoms with van der Waals surface area (Å²) in [5.74, 6) is 6.39. The van der Waals surface area contributed by atoms with Crippen molar-refractivity contribution in [2.75, 3.05) is 29.9 Å². The molecule has 10 nitrogen and oxygen atoms in total. The van der Waals surface area contributed by atoms with E-state index in [-0.39, 0.29) is 30.4 Å². The number of nitrogens with one attached hydrogen (secondary N) is 2. The number of hydrogen-bond donors (Lipinski definition) is 2. The van der Waals surface area contributed by atoms with Gasteiger partial charge in [0.05, 0.1) is 30.8 Å². The van der Waals surface area contributed by atoms with Crippen molar-refractivity contribution < 1.29 is 14.3 Å². The first-order valence-corrected chi connectivity index (χ1v) is 14.0. The highest BCUT2D eigenvalue weighted by molar-refractivity contribution is 7.14. The summed E-state index contributed by atoms with van der Waals surface area (Å²) in [4.78, 5) is 40.8. The van der Waals surface area contributed by atoms with Gasteiger partial charge >= 0.3 is 0 Å². The summed E-state index contributed by atoms with van der Waals surface area (Å²) < 4.78 is 7.62. The maximum Gasteiger partial charge on any atom is 0.271 e. The van der Waals surface area contributed by atoms with E-state index in [0.717, 1.165) is 37.4 Å². The second-order valence-electron chi connectivity index (χ2n) is 10.1. The Bertz CT molecular complexity index is 1360. The van der Waals surface area contributed by atoms with Crippen molar-refractivity contribution in [2.24, 2.45) is 0 Å². The van der Waals surface area contributed by atoms with Gasteiger partial charge in [-0.25, -0.2) is 15.0 Å². The Labute approximate surface area is 233 Å². The smallest absolute Gasteiger partial charge is 0.271 e. The molecule has 2 amide bonds. The normalized spacial score (nSPS) is 17.3. The number of anilines is 2. The van der Waals surface area contributed by atoms with Crippen molar-refractivity contribution in [1.29, 1.82) is 0 Å². The first-order chi connectivity index (χ1) is 18.6. The van der Waals surface area contributed by atoms with E-state index in [1.165, 1.54) is 11.3 Å². The summed E-state index contributed by atoms with van der Waals surface area (Å²) in [7, 11) is 0. The Morgan fingerprint density at radius 3 is 2.69 bits per heavy atom. The first-order valence-electron chi connectivity index (χ1n) is 13.1. The van der Waals surface area contributed by atoms with Crippen molar-refractivity contribution in [1.82, 2.24) is 24.8 Å². The minimum atomic E-state index is -0.492. The number of imidazole rings is 1. The fourth-order valence-corrected chi connectivity index (χ4v) is 4.91. The maximum atomic E-state index is 12.6. The van der Waals surface area contributed by atoms with E-state index in [1.807, 2.05) is 37.4 Å². The summed E-state index contributed by atoms with van der Waals surface area (Å²) in [5.41, 5.74) is 1.13. The zero-order valence-electron chi connectivity index (χ0n) is 23.0. The van der Waals surface area contributed by atoms with Gasteiger partial charge in [-0.3, -0.25) is 9.59 Å². The van der Waals surface area contributed by atoms with Crippen LogP contribution in [-0.2, 0) is 15.1 Å². The van der Waals surface area contributed by atoms with Gasteiger partial charge in [0.25, 0.3) is 5.91 Å². The Hall–Kier alpha value is -3.75. The number of carbonyl (C=O) groups excluding carboxylic acids is 2. The molecule has 1 fully saturated rings. The molecule has 0 spiro atoms. The maximum absolute atomic E-state index is 12.6. The fraction of sp³-hybridized carbons (Fsp3) is 0.464. The average molecular weight is 550 g/mol. The number of unbranched alkanes of at least 4 members (excludes halogenated alkanes) is 1. The van der Waals surface area contributed by atoms with Crippen LogP contribution < -0.4 is 15.5 Å². The van der Waals surface area contributed by atoms with Gasteiger partial charge in [-0.1, -0.05) is 18.9 Å². The molecule has 39 heavy (non-hydrogen) atoms. The number of amides is 2. The Kier molecular flexibility index (Phi) is 8.99. The van der Waals surface area contributed by atoms with Crippen LogP contribution >= 0.6 is 11.3 Å². The fourth-order valence-electron chi connectivity index (χ4n) is 4.18. The van der Waals surface area contributed by atoms with E-state index in [9.17, 15) is 9.59 Å². The lowest BCUT2D eigenvalue weighted by molar-refractivity contribution is -0.115. The molecule has 4 heterocycles. The number of carbonyl (C=O) groups is 2. The molecule has 1 aliphatic heterocycles. The van der Waals surface area contributed by atoms with E-state index in [4.69, 9.17) is 9.72 Å². The molecule has 2 N–H and O–H groups in total. The van der Waals surface area contributed by atoms with Crippen LogP contribution in [0.5, 0.6) is 0 Å². The van der Waals surface area contributed by atoms with Crippen LogP contribution in [0.4, 0.5) is 10.9 Å². The lowest BCUT2D eigenvalue weighted by atomic mass is 10.1. The van der Waals surface area contributed by atoms with E-state index < -0.39 is 11.4 Å². The highest BCUT2D eigenvalue weighted by atomic mass is 32.1. The molecule has 2 unspecified atom stereocenters. The Morgan fingerprint density at radius 2 is 1.95 bits per heavy atom. The van der Waals surface area contributed by atoms with Crippen LogP contribution in [0.15, 0.2) is 36.1 Å². The second kappa shape index (κ2) is 12.4. The van der Waals surface area contributed by atoms with Gasteiger partial charge < -0.3 is 24.8 Å². The van der Waals surface area contributed by atoms with Gasteiger partial charge in [0.15, 0.2) is 5.13 Å². The summed E-state index contributed by atoms with van der Waals surface area (Å²) >= 11 is 1.30. The van der Waals surface area contributed by atoms with Gasteiger partial charge in [0, 0.05) is 31.1 Å². The van der Waals surface area contributed by atoms with Gasteiger partial charge in [-0.05, 0) is 46.2 Å². The van der Waals surface area contributed by atoms with Crippen molar-refractivity contribution in [3.8, 4) is 23.2 Å². The number of aromatic nitrogens is 4. The molecular weight excluding hydrogens is 514 g/mol. The number of nitrogens with zero attached hydrogens (tertiary/aromatic N) is 5. The molecule has 0 saturated carbocycles. The van der Waals surface area contributed by atoms with Crippen LogP contribution in [0.3, 0.4) is 0 Å². The van der Waals surface area contributed by atoms with Crippen molar-refractivity contribution in [3.05, 3.63) is 41.8 Å². The minimum absolute atomic E-state index is 0.133. The van der Waals surface area contributed by atoms with E-state index in [1.54, 1.807) is 17.1 Å². The lowest BCUT2D eigenvalue weighted by Gasteiger charge is -2.36. The predicted molar refractivity (Wildman–Crippen MR) is 153 cm³/mol. The van der Waals surface area contributed by atoms with Crippen molar-refractivity contribution in [2.45, 2.75) is 65.2 Å². The molecule has 0 aliphatic carbocycles. The number of hydrogen-bond acceptors (Lipinski definition) is 8. The molecule has 11 heteroatoms. The molecular formula is C28H35N7O3S. The molecule has 0 aromatic carbocycles. The number of rotatable bonds is 8.